The van der Waals surface area contributed by atoms with E-state index < -0.39 is 12.0 Å². The molecule has 1 unspecified atom stereocenters. The quantitative estimate of drug-likeness (QED) is 0.545. The molecule has 5 nitrogen and oxygen atoms in total. The zero-order chi connectivity index (χ0) is 21.1. The number of nitrogens with zero attached hydrogens (tertiary/aromatic N) is 1. The summed E-state index contributed by atoms with van der Waals surface area (Å²) in [5, 5.41) is 23.0. The number of morpholine rings is 1. The SMILES string of the molecule is CC(O)Nc1ccc(-c2cccc(-c3ccc(N4CCOCC4)cc3)c2O)cc1F. The zero-order valence-electron chi connectivity index (χ0n) is 16.8. The molecule has 0 bridgehead atoms. The van der Waals surface area contributed by atoms with Crippen LogP contribution in [0, 0.1) is 5.82 Å². The molecular formula is C24H25FN2O3. The molecule has 3 N–H and O–H groups in total. The largest absolute Gasteiger partial charge is 0.507 e. The van der Waals surface area contributed by atoms with Crippen molar-refractivity contribution in [3.05, 3.63) is 66.5 Å². The number of hydrogen-bond donors (Lipinski definition) is 3. The Labute approximate surface area is 175 Å². The van der Waals surface area contributed by atoms with Crippen molar-refractivity contribution < 1.29 is 19.3 Å². The molecule has 1 saturated heterocycles. The second-order valence-electron chi connectivity index (χ2n) is 7.36. The Hall–Kier alpha value is -3.09. The third kappa shape index (κ3) is 4.25. The van der Waals surface area contributed by atoms with Crippen LogP contribution in [0.3, 0.4) is 0 Å². The molecule has 30 heavy (non-hydrogen) atoms. The molecule has 0 aromatic heterocycles. The van der Waals surface area contributed by atoms with Crippen LogP contribution in [0.1, 0.15) is 6.92 Å². The summed E-state index contributed by atoms with van der Waals surface area (Å²) in [7, 11) is 0. The molecule has 156 valence electrons. The zero-order valence-corrected chi connectivity index (χ0v) is 16.8. The highest BCUT2D eigenvalue weighted by Gasteiger charge is 2.15. The van der Waals surface area contributed by atoms with E-state index in [0.717, 1.165) is 37.6 Å². The maximum absolute atomic E-state index is 14.4. The predicted molar refractivity (Wildman–Crippen MR) is 117 cm³/mol. The Kier molecular flexibility index (Phi) is 5.88. The number of aliphatic hydroxyl groups excluding tert-OH is 1. The van der Waals surface area contributed by atoms with Crippen molar-refractivity contribution in [1.29, 1.82) is 0 Å². The fourth-order valence-corrected chi connectivity index (χ4v) is 3.71. The number of ether oxygens (including phenoxy) is 1. The molecule has 1 aliphatic heterocycles. The minimum atomic E-state index is -0.859. The molecule has 4 rings (SSSR count). The van der Waals surface area contributed by atoms with Gasteiger partial charge in [-0.2, -0.15) is 0 Å². The maximum Gasteiger partial charge on any atom is 0.146 e. The van der Waals surface area contributed by atoms with E-state index in [2.05, 4.69) is 10.2 Å². The minimum Gasteiger partial charge on any atom is -0.507 e. The summed E-state index contributed by atoms with van der Waals surface area (Å²) >= 11 is 0. The Balaban J connectivity index is 1.62. The van der Waals surface area contributed by atoms with Crippen molar-refractivity contribution in [3.8, 4) is 28.0 Å². The van der Waals surface area contributed by atoms with Crippen molar-refractivity contribution in [2.24, 2.45) is 0 Å². The van der Waals surface area contributed by atoms with Crippen molar-refractivity contribution in [2.75, 3.05) is 36.5 Å². The number of nitrogens with one attached hydrogen (secondary N) is 1. The molecule has 1 heterocycles. The van der Waals surface area contributed by atoms with Gasteiger partial charge in [0.15, 0.2) is 0 Å². The molecule has 1 fully saturated rings. The predicted octanol–water partition coefficient (Wildman–Crippen LogP) is 4.45. The van der Waals surface area contributed by atoms with E-state index in [1.165, 1.54) is 13.0 Å². The molecule has 1 aliphatic rings. The first-order valence-electron chi connectivity index (χ1n) is 10.0. The number of aromatic hydroxyl groups is 1. The lowest BCUT2D eigenvalue weighted by molar-refractivity contribution is 0.122. The van der Waals surface area contributed by atoms with Gasteiger partial charge in [0.1, 0.15) is 17.8 Å². The number of aliphatic hydroxyl groups is 1. The molecule has 0 radical (unpaired) electrons. The normalized spacial score (nSPS) is 15.1. The van der Waals surface area contributed by atoms with Gasteiger partial charge in [-0.3, -0.25) is 0 Å². The summed E-state index contributed by atoms with van der Waals surface area (Å²) in [6, 6.07) is 18.1. The lowest BCUT2D eigenvalue weighted by Crippen LogP contribution is -2.36. The van der Waals surface area contributed by atoms with Gasteiger partial charge in [-0.25, -0.2) is 4.39 Å². The van der Waals surface area contributed by atoms with E-state index in [9.17, 15) is 14.6 Å². The smallest absolute Gasteiger partial charge is 0.146 e. The van der Waals surface area contributed by atoms with E-state index in [-0.39, 0.29) is 11.4 Å². The van der Waals surface area contributed by atoms with Gasteiger partial charge in [-0.05, 0) is 42.3 Å². The number of benzene rings is 3. The summed E-state index contributed by atoms with van der Waals surface area (Å²) in [6.45, 7) is 4.71. The van der Waals surface area contributed by atoms with Crippen LogP contribution in [0.15, 0.2) is 60.7 Å². The number of phenolic OH excluding ortho intramolecular Hbond substituents is 1. The van der Waals surface area contributed by atoms with Crippen LogP contribution in [0.4, 0.5) is 15.8 Å². The average Bonchev–Trinajstić information content (AvgIpc) is 2.76. The molecule has 0 aliphatic carbocycles. The van der Waals surface area contributed by atoms with Crippen LogP contribution in [0.25, 0.3) is 22.3 Å². The summed E-state index contributed by atoms with van der Waals surface area (Å²) in [4.78, 5) is 2.27. The minimum absolute atomic E-state index is 0.104. The van der Waals surface area contributed by atoms with Gasteiger partial charge in [-0.1, -0.05) is 36.4 Å². The van der Waals surface area contributed by atoms with Crippen molar-refractivity contribution in [2.45, 2.75) is 13.2 Å². The standard InChI is InChI=1S/C24H25FN2O3/c1-16(28)26-23-10-7-18(15-22(23)25)21-4-2-3-20(24(21)29)17-5-8-19(9-6-17)27-11-13-30-14-12-27/h2-10,15-16,26,28-29H,11-14H2,1H3. The second-order valence-corrected chi connectivity index (χ2v) is 7.36. The molecule has 0 amide bonds. The van der Waals surface area contributed by atoms with E-state index in [1.54, 1.807) is 18.2 Å². The van der Waals surface area contributed by atoms with Crippen LogP contribution >= 0.6 is 0 Å². The molecule has 0 spiro atoms. The molecule has 6 heteroatoms. The fraction of sp³-hybridized carbons (Fsp3) is 0.250. The molecule has 3 aromatic carbocycles. The van der Waals surface area contributed by atoms with Gasteiger partial charge >= 0.3 is 0 Å². The summed E-state index contributed by atoms with van der Waals surface area (Å²) in [5.74, 6) is -0.389. The van der Waals surface area contributed by atoms with Crippen molar-refractivity contribution in [1.82, 2.24) is 0 Å². The monoisotopic (exact) mass is 408 g/mol. The lowest BCUT2D eigenvalue weighted by Gasteiger charge is -2.29. The highest BCUT2D eigenvalue weighted by Crippen LogP contribution is 2.39. The number of para-hydroxylation sites is 1. The van der Waals surface area contributed by atoms with Gasteiger partial charge in [0, 0.05) is 29.9 Å². The van der Waals surface area contributed by atoms with Gasteiger partial charge in [0.05, 0.1) is 18.9 Å². The first-order chi connectivity index (χ1) is 14.5. The van der Waals surface area contributed by atoms with Gasteiger partial charge < -0.3 is 25.2 Å². The molecule has 1 atom stereocenters. The summed E-state index contributed by atoms with van der Waals surface area (Å²) in [6.07, 6.45) is -0.859. The Bertz CT molecular complexity index is 1020. The van der Waals surface area contributed by atoms with Gasteiger partial charge in [-0.15, -0.1) is 0 Å². The number of anilines is 2. The Morgan fingerprint density at radius 1 is 0.967 bits per heavy atom. The van der Waals surface area contributed by atoms with Crippen LogP contribution in [-0.2, 0) is 4.74 Å². The van der Waals surface area contributed by atoms with E-state index in [1.807, 2.05) is 36.4 Å². The third-order valence-corrected chi connectivity index (χ3v) is 5.24. The fourth-order valence-electron chi connectivity index (χ4n) is 3.71. The second kappa shape index (κ2) is 8.73. The number of hydrogen-bond acceptors (Lipinski definition) is 5. The maximum atomic E-state index is 14.4. The Morgan fingerprint density at radius 2 is 1.60 bits per heavy atom. The van der Waals surface area contributed by atoms with Gasteiger partial charge in [0.25, 0.3) is 0 Å². The first-order valence-corrected chi connectivity index (χ1v) is 10.0. The molecule has 0 saturated carbocycles. The third-order valence-electron chi connectivity index (χ3n) is 5.24. The lowest BCUT2D eigenvalue weighted by atomic mass is 9.97. The Morgan fingerprint density at radius 3 is 2.23 bits per heavy atom. The molecule has 3 aromatic rings. The van der Waals surface area contributed by atoms with Crippen molar-refractivity contribution in [3.63, 3.8) is 0 Å². The average molecular weight is 408 g/mol. The number of rotatable bonds is 5. The molecular weight excluding hydrogens is 383 g/mol. The van der Waals surface area contributed by atoms with Gasteiger partial charge in [0.2, 0.25) is 0 Å². The van der Waals surface area contributed by atoms with E-state index >= 15 is 0 Å². The van der Waals surface area contributed by atoms with Crippen LogP contribution in [-0.4, -0.2) is 42.7 Å². The topological polar surface area (TPSA) is 65.0 Å². The highest BCUT2D eigenvalue weighted by atomic mass is 19.1. The summed E-state index contributed by atoms with van der Waals surface area (Å²) < 4.78 is 19.8. The highest BCUT2D eigenvalue weighted by molar-refractivity contribution is 5.83. The van der Waals surface area contributed by atoms with Crippen LogP contribution in [0.5, 0.6) is 5.75 Å². The first kappa shape index (κ1) is 20.2. The van der Waals surface area contributed by atoms with Crippen molar-refractivity contribution >= 4 is 11.4 Å². The van der Waals surface area contributed by atoms with E-state index in [0.29, 0.717) is 16.7 Å². The van der Waals surface area contributed by atoms with E-state index in [4.69, 9.17) is 4.74 Å². The van der Waals surface area contributed by atoms with Crippen LogP contribution in [0.2, 0.25) is 0 Å². The number of phenols is 1. The van der Waals surface area contributed by atoms with Crippen LogP contribution < -0.4 is 10.2 Å². The number of halogens is 1. The summed E-state index contributed by atoms with van der Waals surface area (Å²) in [5.41, 5.74) is 4.02.